The van der Waals surface area contributed by atoms with E-state index in [2.05, 4.69) is 19.2 Å². The second-order valence-corrected chi connectivity index (χ2v) is 6.48. The molecule has 0 bridgehead atoms. The molecule has 1 aromatic carbocycles. The molecule has 124 valence electrons. The fourth-order valence-electron chi connectivity index (χ4n) is 2.84. The van der Waals surface area contributed by atoms with Crippen LogP contribution in [0.3, 0.4) is 0 Å². The Hall–Kier alpha value is -2.98. The van der Waals surface area contributed by atoms with Gasteiger partial charge >= 0.3 is 0 Å². The fourth-order valence-corrected chi connectivity index (χ4v) is 3.58. The molecule has 2 aromatic heterocycles. The Kier molecular flexibility index (Phi) is 4.27. The standard InChI is InChI=1S/C18H16N6S/c19-12-15-6-7-16(13-20-15)23-8-10-24(11-9-23)18-21-17(22-25-18)14-4-2-1-3-5-14/h1-7,13H,8-11H2. The van der Waals surface area contributed by atoms with Gasteiger partial charge in [-0.25, -0.2) is 4.98 Å². The van der Waals surface area contributed by atoms with Crippen molar-refractivity contribution in [2.24, 2.45) is 0 Å². The number of hydrogen-bond acceptors (Lipinski definition) is 7. The van der Waals surface area contributed by atoms with Gasteiger partial charge in [-0.15, -0.1) is 0 Å². The van der Waals surface area contributed by atoms with Crippen molar-refractivity contribution in [2.45, 2.75) is 0 Å². The van der Waals surface area contributed by atoms with E-state index in [9.17, 15) is 0 Å². The topological polar surface area (TPSA) is 68.9 Å². The average molecular weight is 348 g/mol. The number of benzene rings is 1. The molecule has 7 heteroatoms. The van der Waals surface area contributed by atoms with Crippen molar-refractivity contribution in [1.82, 2.24) is 14.3 Å². The molecule has 0 aliphatic carbocycles. The summed E-state index contributed by atoms with van der Waals surface area (Å²) in [4.78, 5) is 13.4. The predicted octanol–water partition coefficient (Wildman–Crippen LogP) is 2.80. The molecule has 0 amide bonds. The minimum Gasteiger partial charge on any atom is -0.367 e. The van der Waals surface area contributed by atoms with E-state index in [1.165, 1.54) is 11.5 Å². The summed E-state index contributed by atoms with van der Waals surface area (Å²) < 4.78 is 4.49. The molecule has 0 atom stereocenters. The van der Waals surface area contributed by atoms with Crippen molar-refractivity contribution in [1.29, 1.82) is 5.26 Å². The molecule has 4 rings (SSSR count). The van der Waals surface area contributed by atoms with Crippen LogP contribution in [0.15, 0.2) is 48.7 Å². The van der Waals surface area contributed by atoms with Gasteiger partial charge in [0.25, 0.3) is 0 Å². The molecule has 1 aliphatic heterocycles. The predicted molar refractivity (Wildman–Crippen MR) is 98.7 cm³/mol. The number of pyridine rings is 1. The second kappa shape index (κ2) is 6.87. The number of rotatable bonds is 3. The van der Waals surface area contributed by atoms with Crippen LogP contribution in [0, 0.1) is 11.3 Å². The zero-order chi connectivity index (χ0) is 17.1. The smallest absolute Gasteiger partial charge is 0.205 e. The molecule has 0 spiro atoms. The Labute approximate surface area is 150 Å². The summed E-state index contributed by atoms with van der Waals surface area (Å²) in [6.45, 7) is 3.58. The number of hydrogen-bond donors (Lipinski definition) is 0. The molecule has 1 fully saturated rings. The van der Waals surface area contributed by atoms with Crippen molar-refractivity contribution in [3.8, 4) is 17.5 Å². The molecule has 3 aromatic rings. The third-order valence-electron chi connectivity index (χ3n) is 4.23. The Morgan fingerprint density at radius 3 is 2.40 bits per heavy atom. The van der Waals surface area contributed by atoms with Gasteiger partial charge in [-0.05, 0) is 12.1 Å². The van der Waals surface area contributed by atoms with Gasteiger partial charge in [-0.3, -0.25) is 0 Å². The summed E-state index contributed by atoms with van der Waals surface area (Å²) in [6, 6.07) is 15.8. The van der Waals surface area contributed by atoms with Crippen molar-refractivity contribution in [3.63, 3.8) is 0 Å². The summed E-state index contributed by atoms with van der Waals surface area (Å²) in [5.41, 5.74) is 2.55. The highest BCUT2D eigenvalue weighted by Crippen LogP contribution is 2.25. The lowest BCUT2D eigenvalue weighted by Crippen LogP contribution is -2.46. The Balaban J connectivity index is 1.42. The molecule has 0 N–H and O–H groups in total. The molecule has 0 radical (unpaired) electrons. The van der Waals surface area contributed by atoms with Crippen LogP contribution < -0.4 is 9.80 Å². The van der Waals surface area contributed by atoms with E-state index >= 15 is 0 Å². The van der Waals surface area contributed by atoms with E-state index in [0.717, 1.165) is 48.4 Å². The Bertz CT molecular complexity index is 876. The van der Waals surface area contributed by atoms with Crippen molar-refractivity contribution >= 4 is 22.4 Å². The van der Waals surface area contributed by atoms with E-state index in [1.54, 1.807) is 12.3 Å². The molecule has 1 saturated heterocycles. The average Bonchev–Trinajstić information content (AvgIpc) is 3.19. The fraction of sp³-hybridized carbons (Fsp3) is 0.222. The quantitative estimate of drug-likeness (QED) is 0.725. The first kappa shape index (κ1) is 15.5. The summed E-state index contributed by atoms with van der Waals surface area (Å²) in [5.74, 6) is 0.791. The lowest BCUT2D eigenvalue weighted by atomic mass is 10.2. The van der Waals surface area contributed by atoms with Crippen LogP contribution in [0.2, 0.25) is 0 Å². The van der Waals surface area contributed by atoms with Gasteiger partial charge in [0.15, 0.2) is 5.82 Å². The molecule has 0 unspecified atom stereocenters. The van der Waals surface area contributed by atoms with Gasteiger partial charge in [0, 0.05) is 43.3 Å². The van der Waals surface area contributed by atoms with Crippen LogP contribution >= 0.6 is 11.5 Å². The van der Waals surface area contributed by atoms with Gasteiger partial charge in [0.05, 0.1) is 11.9 Å². The monoisotopic (exact) mass is 348 g/mol. The van der Waals surface area contributed by atoms with Crippen LogP contribution in [-0.2, 0) is 0 Å². The summed E-state index contributed by atoms with van der Waals surface area (Å²) in [6.07, 6.45) is 1.77. The number of aromatic nitrogens is 3. The maximum Gasteiger partial charge on any atom is 0.205 e. The molecule has 1 aliphatic rings. The normalized spacial score (nSPS) is 14.4. The lowest BCUT2D eigenvalue weighted by molar-refractivity contribution is 0.651. The third kappa shape index (κ3) is 3.30. The highest BCUT2D eigenvalue weighted by Gasteiger charge is 2.20. The molecule has 3 heterocycles. The van der Waals surface area contributed by atoms with Crippen molar-refractivity contribution < 1.29 is 0 Å². The second-order valence-electron chi connectivity index (χ2n) is 5.75. The van der Waals surface area contributed by atoms with Crippen LogP contribution in [0.5, 0.6) is 0 Å². The molecular formula is C18H16N6S. The zero-order valence-electron chi connectivity index (χ0n) is 13.5. The molecule has 25 heavy (non-hydrogen) atoms. The largest absolute Gasteiger partial charge is 0.367 e. The first-order valence-electron chi connectivity index (χ1n) is 8.09. The Morgan fingerprint density at radius 1 is 0.960 bits per heavy atom. The van der Waals surface area contributed by atoms with Crippen molar-refractivity contribution in [2.75, 3.05) is 36.0 Å². The van der Waals surface area contributed by atoms with E-state index in [4.69, 9.17) is 10.2 Å². The number of nitriles is 1. The van der Waals surface area contributed by atoms with Crippen molar-refractivity contribution in [3.05, 3.63) is 54.4 Å². The lowest BCUT2D eigenvalue weighted by Gasteiger charge is -2.35. The van der Waals surface area contributed by atoms with E-state index < -0.39 is 0 Å². The van der Waals surface area contributed by atoms with Crippen LogP contribution in [-0.4, -0.2) is 40.5 Å². The minimum atomic E-state index is 0.449. The van der Waals surface area contributed by atoms with E-state index in [-0.39, 0.29) is 0 Å². The minimum absolute atomic E-state index is 0.449. The van der Waals surface area contributed by atoms with Gasteiger partial charge < -0.3 is 9.80 Å². The summed E-state index contributed by atoms with van der Waals surface area (Å²) >= 11 is 1.45. The maximum absolute atomic E-state index is 8.84. The first-order chi connectivity index (χ1) is 12.3. The molecule has 6 nitrogen and oxygen atoms in total. The highest BCUT2D eigenvalue weighted by atomic mass is 32.1. The van der Waals surface area contributed by atoms with Crippen LogP contribution in [0.25, 0.3) is 11.4 Å². The molecular weight excluding hydrogens is 332 g/mol. The van der Waals surface area contributed by atoms with E-state index in [0.29, 0.717) is 5.69 Å². The summed E-state index contributed by atoms with van der Waals surface area (Å²) in [7, 11) is 0. The van der Waals surface area contributed by atoms with Gasteiger partial charge in [0.1, 0.15) is 11.8 Å². The van der Waals surface area contributed by atoms with Crippen LogP contribution in [0.4, 0.5) is 10.8 Å². The first-order valence-corrected chi connectivity index (χ1v) is 8.86. The SMILES string of the molecule is N#Cc1ccc(N2CCN(c3nc(-c4ccccc4)ns3)CC2)cn1. The third-order valence-corrected chi connectivity index (χ3v) is 5.00. The number of nitrogens with zero attached hydrogens (tertiary/aromatic N) is 6. The maximum atomic E-state index is 8.84. The molecule has 0 saturated carbocycles. The van der Waals surface area contributed by atoms with Gasteiger partial charge in [-0.2, -0.15) is 14.6 Å². The number of piperazine rings is 1. The Morgan fingerprint density at radius 2 is 1.72 bits per heavy atom. The van der Waals surface area contributed by atoms with E-state index in [1.807, 2.05) is 42.5 Å². The number of anilines is 2. The van der Waals surface area contributed by atoms with Gasteiger partial charge in [-0.1, -0.05) is 30.3 Å². The van der Waals surface area contributed by atoms with Crippen LogP contribution in [0.1, 0.15) is 5.69 Å². The zero-order valence-corrected chi connectivity index (χ0v) is 14.4. The highest BCUT2D eigenvalue weighted by molar-refractivity contribution is 7.09. The van der Waals surface area contributed by atoms with Gasteiger partial charge in [0.2, 0.25) is 5.13 Å². The summed E-state index contributed by atoms with van der Waals surface area (Å²) in [5, 5.41) is 9.81.